The summed E-state index contributed by atoms with van der Waals surface area (Å²) < 4.78 is 5.51. The van der Waals surface area contributed by atoms with Crippen LogP contribution in [0.4, 0.5) is 5.82 Å². The van der Waals surface area contributed by atoms with Crippen LogP contribution in [0.25, 0.3) is 0 Å². The summed E-state index contributed by atoms with van der Waals surface area (Å²) in [4.78, 5) is 1.98. The summed E-state index contributed by atoms with van der Waals surface area (Å²) in [6.45, 7) is 3.01. The molecule has 90 valence electrons. The molecule has 2 aromatic rings. The van der Waals surface area contributed by atoms with Crippen molar-refractivity contribution in [3.8, 4) is 0 Å². The Hall–Kier alpha value is -1.88. The quantitative estimate of drug-likeness (QED) is 0.864. The Kier molecular flexibility index (Phi) is 3.39. The Morgan fingerprint density at radius 3 is 2.59 bits per heavy atom. The number of aromatic nitrogens is 2. The maximum Gasteiger partial charge on any atom is 0.151 e. The van der Waals surface area contributed by atoms with Crippen molar-refractivity contribution in [3.63, 3.8) is 0 Å². The number of rotatable bonds is 4. The first kappa shape index (κ1) is 11.6. The van der Waals surface area contributed by atoms with Gasteiger partial charge in [-0.3, -0.25) is 0 Å². The SMILES string of the molecule is Cc1ccc(CN(C)c2ccc(CN)nn2)o1. The van der Waals surface area contributed by atoms with E-state index < -0.39 is 0 Å². The summed E-state index contributed by atoms with van der Waals surface area (Å²) in [5, 5.41) is 8.12. The van der Waals surface area contributed by atoms with E-state index in [-0.39, 0.29) is 0 Å². The highest BCUT2D eigenvalue weighted by Gasteiger charge is 2.06. The molecule has 0 fully saturated rings. The maximum absolute atomic E-state index is 5.51. The lowest BCUT2D eigenvalue weighted by Crippen LogP contribution is -2.18. The number of anilines is 1. The molecule has 2 heterocycles. The van der Waals surface area contributed by atoms with Crippen LogP contribution in [0.15, 0.2) is 28.7 Å². The van der Waals surface area contributed by atoms with Crippen molar-refractivity contribution >= 4 is 5.82 Å². The van der Waals surface area contributed by atoms with E-state index in [1.54, 1.807) is 0 Å². The normalized spacial score (nSPS) is 10.5. The molecule has 2 N–H and O–H groups in total. The van der Waals surface area contributed by atoms with E-state index in [4.69, 9.17) is 10.2 Å². The maximum atomic E-state index is 5.51. The number of furan rings is 1. The second-order valence-corrected chi connectivity index (χ2v) is 3.96. The summed E-state index contributed by atoms with van der Waals surface area (Å²) in [5.41, 5.74) is 6.26. The average Bonchev–Trinajstić information content (AvgIpc) is 2.75. The largest absolute Gasteiger partial charge is 0.464 e. The lowest BCUT2D eigenvalue weighted by atomic mass is 10.3. The van der Waals surface area contributed by atoms with Gasteiger partial charge in [0.15, 0.2) is 5.82 Å². The van der Waals surface area contributed by atoms with Crippen LogP contribution in [0.3, 0.4) is 0 Å². The van der Waals surface area contributed by atoms with Gasteiger partial charge in [0, 0.05) is 13.6 Å². The topological polar surface area (TPSA) is 68.2 Å². The first-order valence-electron chi connectivity index (χ1n) is 5.48. The molecule has 0 aliphatic heterocycles. The van der Waals surface area contributed by atoms with Gasteiger partial charge < -0.3 is 15.1 Å². The van der Waals surface area contributed by atoms with Gasteiger partial charge >= 0.3 is 0 Å². The fourth-order valence-electron chi connectivity index (χ4n) is 1.55. The van der Waals surface area contributed by atoms with Gasteiger partial charge in [-0.15, -0.1) is 5.10 Å². The van der Waals surface area contributed by atoms with Crippen LogP contribution >= 0.6 is 0 Å². The first-order chi connectivity index (χ1) is 8.19. The molecule has 0 amide bonds. The fraction of sp³-hybridized carbons (Fsp3) is 0.333. The molecule has 0 aromatic carbocycles. The van der Waals surface area contributed by atoms with Crippen molar-refractivity contribution in [1.29, 1.82) is 0 Å². The van der Waals surface area contributed by atoms with Crippen LogP contribution in [-0.4, -0.2) is 17.2 Å². The standard InChI is InChI=1S/C12H16N4O/c1-9-3-5-11(17-9)8-16(2)12-6-4-10(7-13)14-15-12/h3-6H,7-8,13H2,1-2H3. The van der Waals surface area contributed by atoms with Crippen molar-refractivity contribution in [2.45, 2.75) is 20.0 Å². The van der Waals surface area contributed by atoms with Crippen molar-refractivity contribution in [2.24, 2.45) is 5.73 Å². The molecule has 0 radical (unpaired) electrons. The molecular weight excluding hydrogens is 216 g/mol. The van der Waals surface area contributed by atoms with E-state index in [2.05, 4.69) is 10.2 Å². The molecule has 5 heteroatoms. The number of nitrogens with zero attached hydrogens (tertiary/aromatic N) is 3. The molecule has 17 heavy (non-hydrogen) atoms. The van der Waals surface area contributed by atoms with Crippen molar-refractivity contribution in [3.05, 3.63) is 41.5 Å². The molecule has 0 spiro atoms. The smallest absolute Gasteiger partial charge is 0.151 e. The Morgan fingerprint density at radius 1 is 1.24 bits per heavy atom. The van der Waals surface area contributed by atoms with Gasteiger partial charge in [0.25, 0.3) is 0 Å². The second-order valence-electron chi connectivity index (χ2n) is 3.96. The summed E-state index contributed by atoms with van der Waals surface area (Å²) in [5.74, 6) is 2.63. The van der Waals surface area contributed by atoms with Gasteiger partial charge in [0.05, 0.1) is 12.2 Å². The van der Waals surface area contributed by atoms with E-state index in [9.17, 15) is 0 Å². The Morgan fingerprint density at radius 2 is 2.06 bits per heavy atom. The molecule has 0 aliphatic rings. The van der Waals surface area contributed by atoms with E-state index >= 15 is 0 Å². The molecule has 0 atom stereocenters. The molecule has 0 unspecified atom stereocenters. The lowest BCUT2D eigenvalue weighted by molar-refractivity contribution is 0.481. The molecule has 0 saturated carbocycles. The van der Waals surface area contributed by atoms with Crippen LogP contribution in [-0.2, 0) is 13.1 Å². The second kappa shape index (κ2) is 4.97. The molecule has 2 aromatic heterocycles. The lowest BCUT2D eigenvalue weighted by Gasteiger charge is -2.15. The molecule has 0 saturated heterocycles. The number of nitrogens with two attached hydrogens (primary N) is 1. The third kappa shape index (κ3) is 2.82. The van der Waals surface area contributed by atoms with Gasteiger partial charge in [-0.1, -0.05) is 0 Å². The van der Waals surface area contributed by atoms with Crippen LogP contribution in [0.1, 0.15) is 17.2 Å². The van der Waals surface area contributed by atoms with Crippen molar-refractivity contribution in [1.82, 2.24) is 10.2 Å². The zero-order valence-corrected chi connectivity index (χ0v) is 10.1. The van der Waals surface area contributed by atoms with Crippen molar-refractivity contribution < 1.29 is 4.42 Å². The van der Waals surface area contributed by atoms with E-state index in [0.29, 0.717) is 13.1 Å². The molecule has 0 aliphatic carbocycles. The molecule has 0 bridgehead atoms. The van der Waals surface area contributed by atoms with Crippen molar-refractivity contribution in [2.75, 3.05) is 11.9 Å². The summed E-state index contributed by atoms with van der Waals surface area (Å²) in [7, 11) is 1.95. The predicted octanol–water partition coefficient (Wildman–Crippen LogP) is 1.47. The van der Waals surface area contributed by atoms with Crippen LogP contribution < -0.4 is 10.6 Å². The highest BCUT2D eigenvalue weighted by molar-refractivity contribution is 5.36. The third-order valence-corrected chi connectivity index (χ3v) is 2.49. The highest BCUT2D eigenvalue weighted by Crippen LogP contribution is 2.13. The molecular formula is C12H16N4O. The number of aryl methyl sites for hydroxylation is 1. The number of hydrogen-bond acceptors (Lipinski definition) is 5. The molecule has 5 nitrogen and oxygen atoms in total. The van der Waals surface area contributed by atoms with Gasteiger partial charge in [0.2, 0.25) is 0 Å². The Bertz CT molecular complexity index is 478. The zero-order valence-electron chi connectivity index (χ0n) is 10.1. The van der Waals surface area contributed by atoms with Gasteiger partial charge in [-0.2, -0.15) is 5.10 Å². The third-order valence-electron chi connectivity index (χ3n) is 2.49. The predicted molar refractivity (Wildman–Crippen MR) is 65.5 cm³/mol. The first-order valence-corrected chi connectivity index (χ1v) is 5.48. The van der Waals surface area contributed by atoms with E-state index in [1.807, 2.05) is 43.1 Å². The fourth-order valence-corrected chi connectivity index (χ4v) is 1.55. The monoisotopic (exact) mass is 232 g/mol. The average molecular weight is 232 g/mol. The summed E-state index contributed by atoms with van der Waals surface area (Å²) in [6, 6.07) is 7.71. The van der Waals surface area contributed by atoms with Crippen LogP contribution in [0, 0.1) is 6.92 Å². The van der Waals surface area contributed by atoms with E-state index in [0.717, 1.165) is 23.0 Å². The van der Waals surface area contributed by atoms with Gasteiger partial charge in [-0.25, -0.2) is 0 Å². The van der Waals surface area contributed by atoms with Gasteiger partial charge in [0.1, 0.15) is 11.5 Å². The Balaban J connectivity index is 2.06. The Labute approximate surface area is 100 Å². The number of hydrogen-bond donors (Lipinski definition) is 1. The van der Waals surface area contributed by atoms with Crippen LogP contribution in [0.5, 0.6) is 0 Å². The minimum atomic E-state index is 0.411. The summed E-state index contributed by atoms with van der Waals surface area (Å²) in [6.07, 6.45) is 0. The zero-order chi connectivity index (χ0) is 12.3. The van der Waals surface area contributed by atoms with E-state index in [1.165, 1.54) is 0 Å². The highest BCUT2D eigenvalue weighted by atomic mass is 16.3. The van der Waals surface area contributed by atoms with Crippen LogP contribution in [0.2, 0.25) is 0 Å². The van der Waals surface area contributed by atoms with Gasteiger partial charge in [-0.05, 0) is 31.2 Å². The summed E-state index contributed by atoms with van der Waals surface area (Å²) >= 11 is 0. The molecule has 2 rings (SSSR count). The minimum Gasteiger partial charge on any atom is -0.464 e. The minimum absolute atomic E-state index is 0.411.